The van der Waals surface area contributed by atoms with E-state index in [1.807, 2.05) is 28.8 Å². The molecule has 7 nitrogen and oxygen atoms in total. The van der Waals surface area contributed by atoms with E-state index in [4.69, 9.17) is 11.6 Å². The number of aromatic nitrogens is 4. The second-order valence-electron chi connectivity index (χ2n) is 6.11. The van der Waals surface area contributed by atoms with Crippen LogP contribution in [-0.4, -0.2) is 45.4 Å². The van der Waals surface area contributed by atoms with E-state index < -0.39 is 10.0 Å². The van der Waals surface area contributed by atoms with Crippen molar-refractivity contribution in [3.05, 3.63) is 52.1 Å². The van der Waals surface area contributed by atoms with Gasteiger partial charge >= 0.3 is 0 Å². The Hall–Kier alpha value is -1.55. The summed E-state index contributed by atoms with van der Waals surface area (Å²) < 4.78 is 29.8. The molecule has 0 amide bonds. The molecule has 0 saturated carbocycles. The number of piperidine rings is 1. The summed E-state index contributed by atoms with van der Waals surface area (Å²) in [5.74, 6) is 1.04. The van der Waals surface area contributed by atoms with Crippen LogP contribution in [0.15, 0.2) is 46.0 Å². The summed E-state index contributed by atoms with van der Waals surface area (Å²) in [5, 5.41) is 8.46. The monoisotopic (exact) mass is 455 g/mol. The molecule has 4 rings (SSSR count). The zero-order chi connectivity index (χ0) is 18.3. The number of sulfonamides is 1. The van der Waals surface area contributed by atoms with Crippen molar-refractivity contribution in [2.24, 2.45) is 0 Å². The summed E-state index contributed by atoms with van der Waals surface area (Å²) in [6.45, 7) is 0.801. The molecule has 10 heteroatoms. The molecular weight excluding hydrogens is 442 g/mol. The molecule has 0 spiro atoms. The molecule has 0 bridgehead atoms. The Morgan fingerprint density at radius 2 is 1.96 bits per heavy atom. The summed E-state index contributed by atoms with van der Waals surface area (Å²) in [6, 6.07) is 7.24. The fourth-order valence-corrected chi connectivity index (χ4v) is 5.61. The van der Waals surface area contributed by atoms with E-state index in [0.717, 1.165) is 11.5 Å². The molecule has 1 saturated heterocycles. The van der Waals surface area contributed by atoms with Crippen LogP contribution in [0.1, 0.15) is 24.6 Å². The van der Waals surface area contributed by atoms with Gasteiger partial charge in [-0.05, 0) is 47.0 Å². The second-order valence-corrected chi connectivity index (χ2v) is 9.29. The third-order valence-corrected chi connectivity index (χ3v) is 7.31. The van der Waals surface area contributed by atoms with E-state index >= 15 is 0 Å². The third-order valence-electron chi connectivity index (χ3n) is 4.55. The first kappa shape index (κ1) is 17.8. The van der Waals surface area contributed by atoms with Gasteiger partial charge in [-0.3, -0.25) is 4.40 Å². The van der Waals surface area contributed by atoms with Crippen molar-refractivity contribution >= 4 is 43.2 Å². The molecule has 1 aliphatic rings. The first-order valence-corrected chi connectivity index (χ1v) is 10.7. The molecule has 1 aliphatic heterocycles. The third kappa shape index (κ3) is 3.13. The summed E-state index contributed by atoms with van der Waals surface area (Å²) in [4.78, 5) is 3.95. The van der Waals surface area contributed by atoms with Crippen molar-refractivity contribution in [2.75, 3.05) is 13.1 Å². The van der Waals surface area contributed by atoms with Crippen LogP contribution >= 0.6 is 27.5 Å². The van der Waals surface area contributed by atoms with Crippen LogP contribution in [0.4, 0.5) is 0 Å². The molecule has 0 atom stereocenters. The Labute approximate surface area is 164 Å². The Morgan fingerprint density at radius 1 is 1.19 bits per heavy atom. The SMILES string of the molecule is O=S(=O)(c1cc(Br)cnc1Cl)N1CCC(c2nnc3ccccn23)CC1. The van der Waals surface area contributed by atoms with Crippen molar-refractivity contribution < 1.29 is 8.42 Å². The second kappa shape index (κ2) is 6.88. The van der Waals surface area contributed by atoms with Crippen LogP contribution in [0.5, 0.6) is 0 Å². The molecule has 3 aromatic heterocycles. The van der Waals surface area contributed by atoms with Gasteiger partial charge in [0.25, 0.3) is 0 Å². The summed E-state index contributed by atoms with van der Waals surface area (Å²) in [6.07, 6.45) is 4.76. The van der Waals surface area contributed by atoms with Crippen molar-refractivity contribution in [1.29, 1.82) is 0 Å². The van der Waals surface area contributed by atoms with Crippen molar-refractivity contribution in [1.82, 2.24) is 23.9 Å². The van der Waals surface area contributed by atoms with Gasteiger partial charge in [0.2, 0.25) is 10.0 Å². The van der Waals surface area contributed by atoms with Gasteiger partial charge in [-0.25, -0.2) is 13.4 Å². The number of hydrogen-bond acceptors (Lipinski definition) is 5. The predicted octanol–water partition coefficient (Wildman–Crippen LogP) is 3.11. The molecule has 0 aromatic carbocycles. The van der Waals surface area contributed by atoms with Crippen molar-refractivity contribution in [2.45, 2.75) is 23.7 Å². The lowest BCUT2D eigenvalue weighted by Crippen LogP contribution is -2.38. The van der Waals surface area contributed by atoms with Crippen molar-refractivity contribution in [3.8, 4) is 0 Å². The first-order chi connectivity index (χ1) is 12.5. The van der Waals surface area contributed by atoms with Crippen LogP contribution in [0.2, 0.25) is 5.15 Å². The van der Waals surface area contributed by atoms with Crippen LogP contribution < -0.4 is 0 Å². The van der Waals surface area contributed by atoms with E-state index in [-0.39, 0.29) is 16.0 Å². The van der Waals surface area contributed by atoms with Gasteiger partial charge in [0.05, 0.1) is 0 Å². The molecule has 4 heterocycles. The minimum atomic E-state index is -3.68. The number of rotatable bonds is 3. The molecule has 1 fully saturated rings. The van der Waals surface area contributed by atoms with E-state index in [0.29, 0.717) is 30.4 Å². The van der Waals surface area contributed by atoms with Gasteiger partial charge in [0.15, 0.2) is 5.65 Å². The summed E-state index contributed by atoms with van der Waals surface area (Å²) >= 11 is 9.27. The molecule has 0 aliphatic carbocycles. The molecule has 0 unspecified atom stereocenters. The highest BCUT2D eigenvalue weighted by Crippen LogP contribution is 2.32. The minimum absolute atomic E-state index is 0.0150. The zero-order valence-electron chi connectivity index (χ0n) is 13.6. The van der Waals surface area contributed by atoms with Gasteiger partial charge in [-0.1, -0.05) is 17.7 Å². The Morgan fingerprint density at radius 3 is 2.73 bits per heavy atom. The number of nitrogens with zero attached hydrogens (tertiary/aromatic N) is 5. The Kier molecular flexibility index (Phi) is 4.72. The number of pyridine rings is 2. The Bertz CT molecular complexity index is 1060. The normalized spacial score (nSPS) is 17.0. The fourth-order valence-electron chi connectivity index (χ4n) is 3.22. The molecular formula is C16H15BrClN5O2S. The van der Waals surface area contributed by atoms with Crippen LogP contribution in [-0.2, 0) is 10.0 Å². The topological polar surface area (TPSA) is 80.5 Å². The highest BCUT2D eigenvalue weighted by atomic mass is 79.9. The van der Waals surface area contributed by atoms with Crippen molar-refractivity contribution in [3.63, 3.8) is 0 Å². The highest BCUT2D eigenvalue weighted by molar-refractivity contribution is 9.10. The molecule has 0 N–H and O–H groups in total. The zero-order valence-corrected chi connectivity index (χ0v) is 16.7. The lowest BCUT2D eigenvalue weighted by Gasteiger charge is -2.30. The van der Waals surface area contributed by atoms with E-state index in [2.05, 4.69) is 31.1 Å². The van der Waals surface area contributed by atoms with Crippen LogP contribution in [0.3, 0.4) is 0 Å². The standard InChI is InChI=1S/C16H15BrClN5O2S/c17-12-9-13(15(18)19-10-12)26(24,25)22-7-4-11(5-8-22)16-21-20-14-3-1-2-6-23(14)16/h1-3,6,9-11H,4-5,7-8H2. The minimum Gasteiger partial charge on any atom is -0.286 e. The highest BCUT2D eigenvalue weighted by Gasteiger charge is 2.33. The van der Waals surface area contributed by atoms with E-state index in [1.165, 1.54) is 16.6 Å². The molecule has 26 heavy (non-hydrogen) atoms. The molecule has 3 aromatic rings. The average Bonchev–Trinajstić information content (AvgIpc) is 3.08. The number of fused-ring (bicyclic) bond motifs is 1. The van der Waals surface area contributed by atoms with E-state index in [1.54, 1.807) is 0 Å². The fraction of sp³-hybridized carbons (Fsp3) is 0.312. The van der Waals surface area contributed by atoms with Gasteiger partial charge < -0.3 is 0 Å². The van der Waals surface area contributed by atoms with Crippen LogP contribution in [0.25, 0.3) is 5.65 Å². The summed E-state index contributed by atoms with van der Waals surface area (Å²) in [5.41, 5.74) is 0.796. The lowest BCUT2D eigenvalue weighted by atomic mass is 9.97. The maximum absolute atomic E-state index is 12.9. The maximum atomic E-state index is 12.9. The lowest BCUT2D eigenvalue weighted by molar-refractivity contribution is 0.312. The van der Waals surface area contributed by atoms with Gasteiger partial charge in [-0.2, -0.15) is 4.31 Å². The van der Waals surface area contributed by atoms with Gasteiger partial charge in [0.1, 0.15) is 15.9 Å². The van der Waals surface area contributed by atoms with Gasteiger partial charge in [0, 0.05) is 35.9 Å². The predicted molar refractivity (Wildman–Crippen MR) is 101 cm³/mol. The smallest absolute Gasteiger partial charge is 0.246 e. The van der Waals surface area contributed by atoms with Crippen LogP contribution in [0, 0.1) is 0 Å². The quantitative estimate of drug-likeness (QED) is 0.566. The molecule has 0 radical (unpaired) electrons. The number of halogens is 2. The average molecular weight is 457 g/mol. The first-order valence-electron chi connectivity index (χ1n) is 8.07. The number of hydrogen-bond donors (Lipinski definition) is 0. The van der Waals surface area contributed by atoms with Gasteiger partial charge in [-0.15, -0.1) is 10.2 Å². The maximum Gasteiger partial charge on any atom is 0.246 e. The largest absolute Gasteiger partial charge is 0.286 e. The van der Waals surface area contributed by atoms with E-state index in [9.17, 15) is 8.42 Å². The molecule has 136 valence electrons. The summed E-state index contributed by atoms with van der Waals surface area (Å²) in [7, 11) is -3.68. The Balaban J connectivity index is 1.55.